The fraction of sp³-hybridized carbons (Fsp3) is 0.821. The zero-order chi connectivity index (χ0) is 27.4. The van der Waals surface area contributed by atoms with Gasteiger partial charge in [-0.1, -0.05) is 47.6 Å². The molecule has 0 saturated carbocycles. The number of ether oxygens (including phenoxy) is 2. The molecule has 2 rings (SSSR count). The third kappa shape index (κ3) is 6.95. The second-order valence-electron chi connectivity index (χ2n) is 11.5. The number of likely N-dealkylation sites (tertiary alicyclic amines) is 1. The maximum atomic E-state index is 13.4. The molecule has 2 aliphatic heterocycles. The molecule has 8 nitrogen and oxygen atoms in total. The van der Waals surface area contributed by atoms with Gasteiger partial charge in [0.25, 0.3) is 11.7 Å². The number of carbonyl (C=O) groups is 3. The summed E-state index contributed by atoms with van der Waals surface area (Å²) in [5.41, 5.74) is 0.829. The van der Waals surface area contributed by atoms with Crippen molar-refractivity contribution in [1.29, 1.82) is 0 Å². The number of piperidine rings is 1. The fourth-order valence-electron chi connectivity index (χ4n) is 5.07. The van der Waals surface area contributed by atoms with Crippen LogP contribution in [0.5, 0.6) is 0 Å². The number of amides is 1. The Morgan fingerprint density at radius 3 is 2.25 bits per heavy atom. The molecule has 2 fully saturated rings. The summed E-state index contributed by atoms with van der Waals surface area (Å²) in [7, 11) is 0. The topological polar surface area (TPSA) is 113 Å². The number of ketones is 1. The summed E-state index contributed by atoms with van der Waals surface area (Å²) in [6.45, 7) is 15.2. The molecule has 0 aliphatic carbocycles. The zero-order valence-electron chi connectivity index (χ0n) is 23.3. The Morgan fingerprint density at radius 1 is 1.06 bits per heavy atom. The molecule has 0 aromatic carbocycles. The van der Waals surface area contributed by atoms with E-state index in [0.29, 0.717) is 25.7 Å². The van der Waals surface area contributed by atoms with Gasteiger partial charge < -0.3 is 24.6 Å². The Bertz CT molecular complexity index is 821. The predicted molar refractivity (Wildman–Crippen MR) is 137 cm³/mol. The highest BCUT2D eigenvalue weighted by Gasteiger charge is 2.53. The van der Waals surface area contributed by atoms with E-state index in [4.69, 9.17) is 9.47 Å². The van der Waals surface area contributed by atoms with E-state index in [2.05, 4.69) is 0 Å². The van der Waals surface area contributed by atoms with Crippen molar-refractivity contribution < 1.29 is 34.1 Å². The minimum absolute atomic E-state index is 0.0223. The molecule has 36 heavy (non-hydrogen) atoms. The minimum Gasteiger partial charge on any atom is -0.456 e. The van der Waals surface area contributed by atoms with Crippen LogP contribution in [-0.2, 0) is 23.9 Å². The number of hydrogen-bond acceptors (Lipinski definition) is 7. The van der Waals surface area contributed by atoms with Crippen molar-refractivity contribution in [2.24, 2.45) is 23.7 Å². The normalized spacial score (nSPS) is 30.2. The Kier molecular flexibility index (Phi) is 10.7. The van der Waals surface area contributed by atoms with Crippen molar-refractivity contribution in [3.63, 3.8) is 0 Å². The molecular weight excluding hydrogens is 462 g/mol. The maximum Gasteiger partial charge on any atom is 0.329 e. The maximum absolute atomic E-state index is 13.4. The van der Waals surface area contributed by atoms with Gasteiger partial charge in [-0.05, 0) is 63.4 Å². The Labute approximate surface area is 216 Å². The van der Waals surface area contributed by atoms with Crippen molar-refractivity contribution in [3.8, 4) is 0 Å². The quantitative estimate of drug-likeness (QED) is 0.277. The van der Waals surface area contributed by atoms with Crippen LogP contribution in [0.4, 0.5) is 0 Å². The molecule has 0 bridgehead atoms. The van der Waals surface area contributed by atoms with Gasteiger partial charge in [-0.15, -0.1) is 0 Å². The standard InChI is InChI=1S/C28H47NO7/c1-16(2)23-13-12-20(7)28(34,36-23)25(31)26(32)29-14-10-9-11-22(29)27(33)35-24(17(3)4)19(6)15-18(5)21(8)30/h15-18,20-24,30,34H,9-14H2,1-8H3/b19-15+/t18-,20-,21+,22+,23?,24+,28-/m1/s1. The first-order valence-electron chi connectivity index (χ1n) is 13.5. The molecule has 1 unspecified atom stereocenters. The molecule has 0 aromatic heterocycles. The molecule has 1 amide bonds. The van der Waals surface area contributed by atoms with E-state index >= 15 is 0 Å². The summed E-state index contributed by atoms with van der Waals surface area (Å²) in [5.74, 6) is -5.24. The van der Waals surface area contributed by atoms with Gasteiger partial charge in [0.15, 0.2) is 0 Å². The van der Waals surface area contributed by atoms with E-state index in [-0.39, 0.29) is 30.4 Å². The largest absolute Gasteiger partial charge is 0.456 e. The lowest BCUT2D eigenvalue weighted by Crippen LogP contribution is -2.61. The molecule has 2 N–H and O–H groups in total. The van der Waals surface area contributed by atoms with Gasteiger partial charge in [-0.25, -0.2) is 4.79 Å². The fourth-order valence-corrected chi connectivity index (χ4v) is 5.07. The number of nitrogens with zero attached hydrogens (tertiary/aromatic N) is 1. The van der Waals surface area contributed by atoms with Crippen LogP contribution in [0.2, 0.25) is 0 Å². The summed E-state index contributed by atoms with van der Waals surface area (Å²) < 4.78 is 11.7. The highest BCUT2D eigenvalue weighted by Crippen LogP contribution is 2.36. The summed E-state index contributed by atoms with van der Waals surface area (Å²) in [4.78, 5) is 41.3. The van der Waals surface area contributed by atoms with Gasteiger partial charge in [0.05, 0.1) is 12.2 Å². The molecule has 7 atom stereocenters. The number of esters is 1. The van der Waals surface area contributed by atoms with Gasteiger partial charge in [-0.3, -0.25) is 9.59 Å². The van der Waals surface area contributed by atoms with Crippen LogP contribution in [0.15, 0.2) is 11.6 Å². The van der Waals surface area contributed by atoms with E-state index in [0.717, 1.165) is 12.0 Å². The number of Topliss-reactive ketones (excluding diaryl/α,β-unsaturated/α-hetero) is 1. The third-order valence-corrected chi connectivity index (χ3v) is 7.77. The molecule has 0 radical (unpaired) electrons. The summed E-state index contributed by atoms with van der Waals surface area (Å²) in [6, 6.07) is -0.901. The van der Waals surface area contributed by atoms with Crippen molar-refractivity contribution in [1.82, 2.24) is 4.90 Å². The van der Waals surface area contributed by atoms with Crippen LogP contribution in [-0.4, -0.2) is 69.5 Å². The smallest absolute Gasteiger partial charge is 0.329 e. The first-order chi connectivity index (χ1) is 16.7. The lowest BCUT2D eigenvalue weighted by atomic mass is 9.84. The zero-order valence-corrected chi connectivity index (χ0v) is 23.3. The molecule has 2 heterocycles. The van der Waals surface area contributed by atoms with Gasteiger partial charge in [0.2, 0.25) is 5.79 Å². The Balaban J connectivity index is 2.23. The molecule has 8 heteroatoms. The van der Waals surface area contributed by atoms with Crippen LogP contribution in [0.3, 0.4) is 0 Å². The van der Waals surface area contributed by atoms with Crippen molar-refractivity contribution in [3.05, 3.63) is 11.6 Å². The SMILES string of the molecule is C/C(=C\[C@@H](C)[C@H](C)O)[C@@H](OC(=O)[C@@H]1CCCCN1C(=O)C(=O)[C@]1(O)OC(C(C)C)CC[C@H]1C)C(C)C. The van der Waals surface area contributed by atoms with Gasteiger partial charge >= 0.3 is 5.97 Å². The van der Waals surface area contributed by atoms with Crippen molar-refractivity contribution in [2.75, 3.05) is 6.54 Å². The molecule has 0 aromatic rings. The Hall–Kier alpha value is -1.77. The predicted octanol–water partition coefficient (Wildman–Crippen LogP) is 3.63. The van der Waals surface area contributed by atoms with E-state index in [1.165, 1.54) is 4.90 Å². The number of aliphatic hydroxyl groups excluding tert-OH is 1. The molecule has 2 aliphatic rings. The van der Waals surface area contributed by atoms with E-state index in [9.17, 15) is 24.6 Å². The van der Waals surface area contributed by atoms with Crippen LogP contribution >= 0.6 is 0 Å². The number of aliphatic hydroxyl groups is 2. The van der Waals surface area contributed by atoms with Crippen LogP contribution in [0, 0.1) is 23.7 Å². The Morgan fingerprint density at radius 2 is 1.69 bits per heavy atom. The van der Waals surface area contributed by atoms with Crippen LogP contribution in [0.25, 0.3) is 0 Å². The van der Waals surface area contributed by atoms with Crippen LogP contribution in [0.1, 0.15) is 87.5 Å². The number of hydrogen-bond donors (Lipinski definition) is 2. The summed E-state index contributed by atoms with van der Waals surface area (Å²) >= 11 is 0. The van der Waals surface area contributed by atoms with Gasteiger partial charge in [0, 0.05) is 18.4 Å². The van der Waals surface area contributed by atoms with Crippen molar-refractivity contribution in [2.45, 2.75) is 118 Å². The van der Waals surface area contributed by atoms with Crippen LogP contribution < -0.4 is 0 Å². The average Bonchev–Trinajstić information content (AvgIpc) is 2.82. The third-order valence-electron chi connectivity index (χ3n) is 7.77. The molecular formula is C28H47NO7. The second-order valence-corrected chi connectivity index (χ2v) is 11.5. The monoisotopic (exact) mass is 509 g/mol. The average molecular weight is 510 g/mol. The van der Waals surface area contributed by atoms with Gasteiger partial charge in [0.1, 0.15) is 12.1 Å². The lowest BCUT2D eigenvalue weighted by molar-refractivity contribution is -0.269. The van der Waals surface area contributed by atoms with Crippen molar-refractivity contribution >= 4 is 17.7 Å². The van der Waals surface area contributed by atoms with E-state index < -0.39 is 47.6 Å². The molecule has 2 saturated heterocycles. The first kappa shape index (κ1) is 30.5. The minimum atomic E-state index is -2.20. The first-order valence-corrected chi connectivity index (χ1v) is 13.5. The second kappa shape index (κ2) is 12.7. The summed E-state index contributed by atoms with van der Waals surface area (Å²) in [6.07, 6.45) is 3.56. The number of carbonyl (C=O) groups excluding carboxylic acids is 3. The van der Waals surface area contributed by atoms with Gasteiger partial charge in [-0.2, -0.15) is 0 Å². The number of rotatable bonds is 9. The highest BCUT2D eigenvalue weighted by atomic mass is 16.6. The molecule has 0 spiro atoms. The van der Waals surface area contributed by atoms with E-state index in [1.54, 1.807) is 13.8 Å². The lowest BCUT2D eigenvalue weighted by Gasteiger charge is -2.43. The summed E-state index contributed by atoms with van der Waals surface area (Å²) in [5, 5.41) is 21.1. The van der Waals surface area contributed by atoms with E-state index in [1.807, 2.05) is 47.6 Å². The highest BCUT2D eigenvalue weighted by molar-refractivity contribution is 6.39. The molecule has 206 valence electrons.